The van der Waals surface area contributed by atoms with Gasteiger partial charge in [0, 0.05) is 32.1 Å². The zero-order valence-corrected chi connectivity index (χ0v) is 16.4. The molecule has 1 atom stereocenters. The van der Waals surface area contributed by atoms with Gasteiger partial charge in [0.1, 0.15) is 5.75 Å². The lowest BCUT2D eigenvalue weighted by Gasteiger charge is -2.42. The van der Waals surface area contributed by atoms with Crippen LogP contribution in [-0.2, 0) is 11.3 Å². The lowest BCUT2D eigenvalue weighted by atomic mass is 9.89. The number of rotatable bonds is 5. The number of benzene rings is 2. The van der Waals surface area contributed by atoms with Crippen molar-refractivity contribution in [2.45, 2.75) is 38.8 Å². The number of amides is 1. The second-order valence-electron chi connectivity index (χ2n) is 7.91. The van der Waals surface area contributed by atoms with Crippen LogP contribution in [0.2, 0.25) is 0 Å². The molecule has 0 N–H and O–H groups in total. The summed E-state index contributed by atoms with van der Waals surface area (Å²) in [6.07, 6.45) is 0.943. The molecule has 0 saturated carbocycles. The van der Waals surface area contributed by atoms with Gasteiger partial charge in [-0.3, -0.25) is 9.69 Å². The van der Waals surface area contributed by atoms with Crippen LogP contribution in [0.15, 0.2) is 42.5 Å². The number of carbonyl (C=O) groups is 1. The first kappa shape index (κ1) is 18.1. The Bertz CT molecular complexity index is 825. The molecule has 4 nitrogen and oxygen atoms in total. The molecule has 2 heterocycles. The van der Waals surface area contributed by atoms with Gasteiger partial charge in [0.15, 0.2) is 0 Å². The number of ether oxygens (including phenoxy) is 1. The van der Waals surface area contributed by atoms with Crippen LogP contribution in [0.4, 0.5) is 0 Å². The highest BCUT2D eigenvalue weighted by atomic mass is 16.5. The normalized spacial score (nSPS) is 20.8. The number of hydrogen-bond acceptors (Lipinski definition) is 3. The van der Waals surface area contributed by atoms with E-state index in [-0.39, 0.29) is 6.04 Å². The standard InChI is InChI=1S/C23H28N2O2/c1-16-4-5-18(12-17(16)2)13-24-11-10-22(23(24)26)25-14-20(15-25)19-6-8-21(27-3)9-7-19/h4-9,12,20,22H,10-11,13-15H2,1-3H3. The predicted octanol–water partition coefficient (Wildman–Crippen LogP) is 3.51. The molecule has 2 aliphatic heterocycles. The first-order valence-corrected chi connectivity index (χ1v) is 9.78. The lowest BCUT2D eigenvalue weighted by Crippen LogP contribution is -2.53. The maximum absolute atomic E-state index is 12.9. The molecule has 2 aromatic rings. The molecule has 2 aliphatic rings. The second-order valence-corrected chi connectivity index (χ2v) is 7.91. The van der Waals surface area contributed by atoms with Crippen molar-refractivity contribution in [2.75, 3.05) is 26.7 Å². The molecule has 0 spiro atoms. The molecule has 2 fully saturated rings. The molecule has 0 radical (unpaired) electrons. The number of nitrogens with zero attached hydrogens (tertiary/aromatic N) is 2. The topological polar surface area (TPSA) is 32.8 Å². The highest BCUT2D eigenvalue weighted by Crippen LogP contribution is 2.33. The molecule has 2 saturated heterocycles. The van der Waals surface area contributed by atoms with Gasteiger partial charge < -0.3 is 9.64 Å². The van der Waals surface area contributed by atoms with Crippen molar-refractivity contribution >= 4 is 5.91 Å². The van der Waals surface area contributed by atoms with E-state index in [1.165, 1.54) is 22.3 Å². The SMILES string of the molecule is COc1ccc(C2CN(C3CCN(Cc4ccc(C)c(C)c4)C3=O)C2)cc1. The van der Waals surface area contributed by atoms with E-state index in [1.807, 2.05) is 17.0 Å². The van der Waals surface area contributed by atoms with Crippen molar-refractivity contribution in [3.63, 3.8) is 0 Å². The Morgan fingerprint density at radius 1 is 1.04 bits per heavy atom. The van der Waals surface area contributed by atoms with Gasteiger partial charge in [-0.25, -0.2) is 0 Å². The van der Waals surface area contributed by atoms with Gasteiger partial charge >= 0.3 is 0 Å². The maximum Gasteiger partial charge on any atom is 0.240 e. The molecule has 4 heteroatoms. The highest BCUT2D eigenvalue weighted by Gasteiger charge is 2.41. The Labute approximate surface area is 161 Å². The Kier molecular flexibility index (Phi) is 4.92. The molecular weight excluding hydrogens is 336 g/mol. The minimum atomic E-state index is 0.0612. The van der Waals surface area contributed by atoms with E-state index in [2.05, 4.69) is 49.1 Å². The Balaban J connectivity index is 1.33. The molecular formula is C23H28N2O2. The summed E-state index contributed by atoms with van der Waals surface area (Å²) in [7, 11) is 1.69. The third kappa shape index (κ3) is 3.59. The fourth-order valence-electron chi connectivity index (χ4n) is 4.19. The molecule has 0 bridgehead atoms. The van der Waals surface area contributed by atoms with Crippen molar-refractivity contribution in [2.24, 2.45) is 0 Å². The second kappa shape index (κ2) is 7.35. The zero-order chi connectivity index (χ0) is 19.0. The van der Waals surface area contributed by atoms with E-state index in [0.717, 1.165) is 38.3 Å². The van der Waals surface area contributed by atoms with Crippen LogP contribution in [-0.4, -0.2) is 48.5 Å². The quantitative estimate of drug-likeness (QED) is 0.814. The van der Waals surface area contributed by atoms with E-state index < -0.39 is 0 Å². The van der Waals surface area contributed by atoms with Crippen molar-refractivity contribution < 1.29 is 9.53 Å². The molecule has 1 amide bonds. The van der Waals surface area contributed by atoms with Crippen molar-refractivity contribution in [3.05, 3.63) is 64.7 Å². The number of likely N-dealkylation sites (tertiary alicyclic amines) is 2. The van der Waals surface area contributed by atoms with Gasteiger partial charge in [-0.2, -0.15) is 0 Å². The number of carbonyl (C=O) groups excluding carboxylic acids is 1. The summed E-state index contributed by atoms with van der Waals surface area (Å²) >= 11 is 0. The average molecular weight is 364 g/mol. The van der Waals surface area contributed by atoms with Crippen molar-refractivity contribution in [3.8, 4) is 5.75 Å². The van der Waals surface area contributed by atoms with Crippen molar-refractivity contribution in [1.29, 1.82) is 0 Å². The fourth-order valence-corrected chi connectivity index (χ4v) is 4.19. The minimum absolute atomic E-state index is 0.0612. The average Bonchev–Trinajstić information content (AvgIpc) is 2.98. The van der Waals surface area contributed by atoms with Gasteiger partial charge in [-0.05, 0) is 54.7 Å². The first-order chi connectivity index (χ1) is 13.0. The Morgan fingerprint density at radius 3 is 2.44 bits per heavy atom. The van der Waals surface area contributed by atoms with Crippen LogP contribution in [0.3, 0.4) is 0 Å². The summed E-state index contributed by atoms with van der Waals surface area (Å²) in [5.41, 5.74) is 5.16. The van der Waals surface area contributed by atoms with Gasteiger partial charge in [0.2, 0.25) is 5.91 Å². The summed E-state index contributed by atoms with van der Waals surface area (Å²) in [5, 5.41) is 0. The molecule has 0 aromatic heterocycles. The van der Waals surface area contributed by atoms with Gasteiger partial charge in [0.05, 0.1) is 13.2 Å². The van der Waals surface area contributed by atoms with E-state index in [1.54, 1.807) is 7.11 Å². The maximum atomic E-state index is 12.9. The highest BCUT2D eigenvalue weighted by molar-refractivity contribution is 5.84. The fraction of sp³-hybridized carbons (Fsp3) is 0.435. The molecule has 4 rings (SSSR count). The van der Waals surface area contributed by atoms with E-state index in [0.29, 0.717) is 11.8 Å². The van der Waals surface area contributed by atoms with Gasteiger partial charge in [-0.1, -0.05) is 30.3 Å². The Morgan fingerprint density at radius 2 is 1.78 bits per heavy atom. The summed E-state index contributed by atoms with van der Waals surface area (Å²) < 4.78 is 5.23. The molecule has 1 unspecified atom stereocenters. The minimum Gasteiger partial charge on any atom is -0.497 e. The molecule has 0 aliphatic carbocycles. The van der Waals surface area contributed by atoms with Gasteiger partial charge in [0.25, 0.3) is 0 Å². The van der Waals surface area contributed by atoms with Crippen LogP contribution in [0, 0.1) is 13.8 Å². The van der Waals surface area contributed by atoms with Crippen LogP contribution >= 0.6 is 0 Å². The van der Waals surface area contributed by atoms with E-state index >= 15 is 0 Å². The van der Waals surface area contributed by atoms with Crippen LogP contribution in [0.1, 0.15) is 34.6 Å². The van der Waals surface area contributed by atoms with E-state index in [4.69, 9.17) is 4.74 Å². The largest absolute Gasteiger partial charge is 0.497 e. The zero-order valence-electron chi connectivity index (χ0n) is 16.4. The lowest BCUT2D eigenvalue weighted by molar-refractivity contribution is -0.134. The third-order valence-corrected chi connectivity index (χ3v) is 6.15. The van der Waals surface area contributed by atoms with E-state index in [9.17, 15) is 4.79 Å². The predicted molar refractivity (Wildman–Crippen MR) is 107 cm³/mol. The Hall–Kier alpha value is -2.33. The van der Waals surface area contributed by atoms with Crippen molar-refractivity contribution in [1.82, 2.24) is 9.80 Å². The monoisotopic (exact) mass is 364 g/mol. The smallest absolute Gasteiger partial charge is 0.240 e. The van der Waals surface area contributed by atoms with Gasteiger partial charge in [-0.15, -0.1) is 0 Å². The summed E-state index contributed by atoms with van der Waals surface area (Å²) in [5.74, 6) is 1.71. The molecule has 142 valence electrons. The molecule has 27 heavy (non-hydrogen) atoms. The third-order valence-electron chi connectivity index (χ3n) is 6.15. The summed E-state index contributed by atoms with van der Waals surface area (Å²) in [6.45, 7) is 7.79. The number of aryl methyl sites for hydroxylation is 2. The van der Waals surface area contributed by atoms with Crippen LogP contribution in [0.25, 0.3) is 0 Å². The molecule has 2 aromatic carbocycles. The first-order valence-electron chi connectivity index (χ1n) is 9.78. The van der Waals surface area contributed by atoms with Crippen LogP contribution < -0.4 is 4.74 Å². The summed E-state index contributed by atoms with van der Waals surface area (Å²) in [6, 6.07) is 14.9. The summed E-state index contributed by atoms with van der Waals surface area (Å²) in [4.78, 5) is 17.3. The number of hydrogen-bond donors (Lipinski definition) is 0. The number of methoxy groups -OCH3 is 1. The van der Waals surface area contributed by atoms with Crippen LogP contribution in [0.5, 0.6) is 5.75 Å².